The molecular weight excluding hydrogens is 488 g/mol. The molecule has 0 bridgehead atoms. The fourth-order valence-corrected chi connectivity index (χ4v) is 4.65. The van der Waals surface area contributed by atoms with Crippen LogP contribution in [0, 0.1) is 17.0 Å². The number of carbonyl (C=O) groups is 1. The second-order valence-corrected chi connectivity index (χ2v) is 9.33. The lowest BCUT2D eigenvalue weighted by Crippen LogP contribution is -2.39. The highest BCUT2D eigenvalue weighted by atomic mass is 32.2. The molecule has 12 heteroatoms. The number of nitro groups is 1. The largest absolute Gasteiger partial charge is 0.497 e. The minimum absolute atomic E-state index is 0.0332. The third kappa shape index (κ3) is 5.96. The van der Waals surface area contributed by atoms with Crippen molar-refractivity contribution < 1.29 is 27.6 Å². The van der Waals surface area contributed by atoms with E-state index in [0.29, 0.717) is 5.75 Å². The van der Waals surface area contributed by atoms with Crippen molar-refractivity contribution in [2.24, 2.45) is 5.10 Å². The van der Waals surface area contributed by atoms with Gasteiger partial charge in [-0.1, -0.05) is 29.8 Å². The van der Waals surface area contributed by atoms with Gasteiger partial charge >= 0.3 is 0 Å². The number of rotatable bonds is 10. The van der Waals surface area contributed by atoms with Crippen LogP contribution >= 0.6 is 0 Å². The van der Waals surface area contributed by atoms with Crippen molar-refractivity contribution >= 4 is 33.5 Å². The summed E-state index contributed by atoms with van der Waals surface area (Å²) in [7, 11) is -1.42. The van der Waals surface area contributed by atoms with Gasteiger partial charge in [0.05, 0.1) is 41.5 Å². The van der Waals surface area contributed by atoms with E-state index in [1.54, 1.807) is 24.3 Å². The summed E-state index contributed by atoms with van der Waals surface area (Å²) < 4.78 is 38.7. The Morgan fingerprint density at radius 2 is 1.78 bits per heavy atom. The quantitative estimate of drug-likeness (QED) is 0.250. The van der Waals surface area contributed by atoms with E-state index in [2.05, 4.69) is 10.5 Å². The number of ether oxygens (including phenoxy) is 2. The van der Waals surface area contributed by atoms with Crippen molar-refractivity contribution in [1.29, 1.82) is 0 Å². The number of hydrogen-bond acceptors (Lipinski definition) is 8. The zero-order valence-electron chi connectivity index (χ0n) is 19.7. The Labute approximate surface area is 208 Å². The Morgan fingerprint density at radius 1 is 1.08 bits per heavy atom. The van der Waals surface area contributed by atoms with Gasteiger partial charge in [0.25, 0.3) is 21.6 Å². The number of nitrogens with zero attached hydrogens (tertiary/aromatic N) is 3. The standard InChI is InChI=1S/C24H24N4O7S/c1-17-8-11-20(12-9-17)36(32,33)27(22-14-19(34-2)10-13-23(22)35-3)16-24(29)26-25-15-18-6-4-5-7-21(18)28(30)31/h4-15H,16H2,1-3H3,(H,26,29)/b25-15-. The first-order valence-corrected chi connectivity index (χ1v) is 12.0. The number of hydrazone groups is 1. The maximum Gasteiger partial charge on any atom is 0.278 e. The zero-order valence-corrected chi connectivity index (χ0v) is 20.6. The van der Waals surface area contributed by atoms with E-state index in [0.717, 1.165) is 16.1 Å². The molecule has 0 radical (unpaired) electrons. The second-order valence-electron chi connectivity index (χ2n) is 7.47. The molecular formula is C24H24N4O7S. The molecule has 0 spiro atoms. The molecule has 0 aliphatic carbocycles. The first-order valence-electron chi connectivity index (χ1n) is 10.5. The van der Waals surface area contributed by atoms with Crippen LogP contribution < -0.4 is 19.2 Å². The molecule has 0 fully saturated rings. The molecule has 3 rings (SSSR count). The molecule has 0 unspecified atom stereocenters. The Balaban J connectivity index is 1.96. The van der Waals surface area contributed by atoms with Gasteiger partial charge in [-0.15, -0.1) is 0 Å². The first-order chi connectivity index (χ1) is 17.2. The lowest BCUT2D eigenvalue weighted by atomic mass is 10.2. The molecule has 0 aliphatic heterocycles. The van der Waals surface area contributed by atoms with Crippen molar-refractivity contribution in [3.8, 4) is 11.5 Å². The van der Waals surface area contributed by atoms with Crippen molar-refractivity contribution in [1.82, 2.24) is 5.43 Å². The van der Waals surface area contributed by atoms with E-state index in [1.807, 2.05) is 6.92 Å². The molecule has 3 aromatic carbocycles. The highest BCUT2D eigenvalue weighted by molar-refractivity contribution is 7.92. The lowest BCUT2D eigenvalue weighted by Gasteiger charge is -2.25. The second kappa shape index (κ2) is 11.3. The van der Waals surface area contributed by atoms with E-state index in [1.165, 1.54) is 56.7 Å². The molecule has 1 N–H and O–H groups in total. The van der Waals surface area contributed by atoms with Crippen molar-refractivity contribution in [3.05, 3.63) is 88.0 Å². The van der Waals surface area contributed by atoms with Crippen LogP contribution in [0.3, 0.4) is 0 Å². The number of amides is 1. The SMILES string of the molecule is COc1ccc(OC)c(N(CC(=O)N/N=C\c2ccccc2[N+](=O)[O-])S(=O)(=O)c2ccc(C)cc2)c1. The number of benzene rings is 3. The number of carbonyl (C=O) groups excluding carboxylic acids is 1. The number of nitrogens with one attached hydrogen (secondary N) is 1. The van der Waals surface area contributed by atoms with Crippen LogP contribution in [0.1, 0.15) is 11.1 Å². The number of anilines is 1. The normalized spacial score (nSPS) is 11.2. The summed E-state index contributed by atoms with van der Waals surface area (Å²) in [4.78, 5) is 23.3. The van der Waals surface area contributed by atoms with Crippen LogP contribution in [0.25, 0.3) is 0 Å². The van der Waals surface area contributed by atoms with Crippen LogP contribution in [-0.4, -0.2) is 46.2 Å². The molecule has 0 heterocycles. The highest BCUT2D eigenvalue weighted by Crippen LogP contribution is 2.35. The van der Waals surface area contributed by atoms with Gasteiger partial charge in [0, 0.05) is 12.1 Å². The van der Waals surface area contributed by atoms with Gasteiger partial charge < -0.3 is 9.47 Å². The molecule has 36 heavy (non-hydrogen) atoms. The van der Waals surface area contributed by atoms with Gasteiger partial charge in [-0.05, 0) is 37.3 Å². The Morgan fingerprint density at radius 3 is 2.42 bits per heavy atom. The molecule has 0 atom stereocenters. The van der Waals surface area contributed by atoms with Gasteiger partial charge in [-0.25, -0.2) is 13.8 Å². The highest BCUT2D eigenvalue weighted by Gasteiger charge is 2.30. The number of hydrogen-bond donors (Lipinski definition) is 1. The van der Waals surface area contributed by atoms with Crippen LogP contribution in [0.15, 0.2) is 76.7 Å². The molecule has 3 aromatic rings. The van der Waals surface area contributed by atoms with E-state index in [-0.39, 0.29) is 27.6 Å². The minimum Gasteiger partial charge on any atom is -0.497 e. The number of sulfonamides is 1. The van der Waals surface area contributed by atoms with Gasteiger partial charge in [0.15, 0.2) is 0 Å². The number of aryl methyl sites for hydroxylation is 1. The average Bonchev–Trinajstić information content (AvgIpc) is 2.87. The maximum absolute atomic E-state index is 13.6. The summed E-state index contributed by atoms with van der Waals surface area (Å²) in [6, 6.07) is 16.6. The first kappa shape index (κ1) is 26.2. The predicted molar refractivity (Wildman–Crippen MR) is 134 cm³/mol. The van der Waals surface area contributed by atoms with Gasteiger partial charge in [0.2, 0.25) is 0 Å². The van der Waals surface area contributed by atoms with E-state index < -0.39 is 27.4 Å². The van der Waals surface area contributed by atoms with Crippen LogP contribution in [0.4, 0.5) is 11.4 Å². The van der Waals surface area contributed by atoms with E-state index in [9.17, 15) is 23.3 Å². The third-order valence-corrected chi connectivity index (χ3v) is 6.85. The Hall–Kier alpha value is -4.45. The van der Waals surface area contributed by atoms with Crippen molar-refractivity contribution in [3.63, 3.8) is 0 Å². The van der Waals surface area contributed by atoms with Crippen molar-refractivity contribution in [2.45, 2.75) is 11.8 Å². The molecule has 188 valence electrons. The smallest absolute Gasteiger partial charge is 0.278 e. The number of para-hydroxylation sites is 1. The summed E-state index contributed by atoms with van der Waals surface area (Å²) in [6.07, 6.45) is 1.11. The predicted octanol–water partition coefficient (Wildman–Crippen LogP) is 3.27. The lowest BCUT2D eigenvalue weighted by molar-refractivity contribution is -0.385. The molecule has 1 amide bonds. The molecule has 0 aromatic heterocycles. The summed E-state index contributed by atoms with van der Waals surface area (Å²) in [6.45, 7) is 1.16. The zero-order chi connectivity index (χ0) is 26.3. The summed E-state index contributed by atoms with van der Waals surface area (Å²) in [5.41, 5.74) is 3.14. The van der Waals surface area contributed by atoms with E-state index >= 15 is 0 Å². The Bertz CT molecular complexity index is 1390. The van der Waals surface area contributed by atoms with Crippen LogP contribution in [0.5, 0.6) is 11.5 Å². The molecule has 0 saturated carbocycles. The number of nitro benzene ring substituents is 1. The molecule has 0 saturated heterocycles. The number of methoxy groups -OCH3 is 2. The molecule has 0 aliphatic rings. The summed E-state index contributed by atoms with van der Waals surface area (Å²) in [5.74, 6) is -0.238. The fraction of sp³-hybridized carbons (Fsp3) is 0.167. The van der Waals surface area contributed by atoms with Crippen molar-refractivity contribution in [2.75, 3.05) is 25.1 Å². The van der Waals surface area contributed by atoms with E-state index in [4.69, 9.17) is 9.47 Å². The summed E-state index contributed by atoms with van der Waals surface area (Å²) >= 11 is 0. The molecule has 11 nitrogen and oxygen atoms in total. The monoisotopic (exact) mass is 512 g/mol. The Kier molecular flexibility index (Phi) is 8.22. The minimum atomic E-state index is -4.22. The third-order valence-electron chi connectivity index (χ3n) is 5.08. The fourth-order valence-electron chi connectivity index (χ4n) is 3.23. The van der Waals surface area contributed by atoms with Crippen LogP contribution in [0.2, 0.25) is 0 Å². The maximum atomic E-state index is 13.6. The van der Waals surface area contributed by atoms with Gasteiger partial charge in [0.1, 0.15) is 18.0 Å². The average molecular weight is 513 g/mol. The summed E-state index contributed by atoms with van der Waals surface area (Å²) in [5, 5.41) is 14.9. The van der Waals surface area contributed by atoms with Gasteiger partial charge in [-0.3, -0.25) is 19.2 Å². The van der Waals surface area contributed by atoms with Gasteiger partial charge in [-0.2, -0.15) is 5.10 Å². The van der Waals surface area contributed by atoms with Crippen LogP contribution in [-0.2, 0) is 14.8 Å². The topological polar surface area (TPSA) is 140 Å².